The summed E-state index contributed by atoms with van der Waals surface area (Å²) in [4.78, 5) is 0. The van der Waals surface area contributed by atoms with Gasteiger partial charge in [0.15, 0.2) is 0 Å². The van der Waals surface area contributed by atoms with E-state index in [0.29, 0.717) is 7.25 Å². The number of allylic oxidation sites excluding steroid dienone is 4. The van der Waals surface area contributed by atoms with E-state index in [0.717, 1.165) is 6.42 Å². The van der Waals surface area contributed by atoms with E-state index in [1.807, 2.05) is 0 Å². The molecule has 0 fully saturated rings. The van der Waals surface area contributed by atoms with E-state index in [-0.39, 0.29) is 0 Å². The van der Waals surface area contributed by atoms with Crippen molar-refractivity contribution in [2.45, 2.75) is 27.5 Å². The molecule has 34 heavy (non-hydrogen) atoms. The minimum atomic E-state index is -0.821. The van der Waals surface area contributed by atoms with Crippen LogP contribution in [0.25, 0.3) is 33.4 Å². The summed E-state index contributed by atoms with van der Waals surface area (Å²) < 4.78 is 1.34. The van der Waals surface area contributed by atoms with E-state index < -0.39 is 23.2 Å². The van der Waals surface area contributed by atoms with Gasteiger partial charge >= 0.3 is 215 Å². The molecule has 0 amide bonds. The van der Waals surface area contributed by atoms with Crippen molar-refractivity contribution in [3.63, 3.8) is 0 Å². The van der Waals surface area contributed by atoms with Gasteiger partial charge in [-0.25, -0.2) is 0 Å². The number of hydrogen-bond donors (Lipinski definition) is 0. The fourth-order valence-corrected chi connectivity index (χ4v) is 11.4. The second-order valence-corrected chi connectivity index (χ2v) is 13.5. The summed E-state index contributed by atoms with van der Waals surface area (Å²) >= 11 is -0.821. The van der Waals surface area contributed by atoms with Crippen LogP contribution in [0.15, 0.2) is 108 Å². The monoisotopic (exact) mass is 512 g/mol. The van der Waals surface area contributed by atoms with Gasteiger partial charge in [0.1, 0.15) is 0 Å². The first-order chi connectivity index (χ1) is 16.7. The molecule has 2 atom stereocenters. The molecule has 0 spiro atoms. The molecule has 1 heteroatoms. The van der Waals surface area contributed by atoms with Crippen molar-refractivity contribution in [1.29, 1.82) is 0 Å². The molecular weight excluding hydrogens is 488 g/mol. The Balaban J connectivity index is 1.43. The number of rotatable bonds is 2. The van der Waals surface area contributed by atoms with Gasteiger partial charge in [-0.3, -0.25) is 0 Å². The molecule has 0 nitrogen and oxygen atoms in total. The first kappa shape index (κ1) is 20.6. The summed E-state index contributed by atoms with van der Waals surface area (Å²) in [5.74, 6) is 0. The van der Waals surface area contributed by atoms with E-state index in [9.17, 15) is 0 Å². The molecule has 0 saturated carbocycles. The SMILES string of the molecule is CC1=C2CC3=C(C)[CH]([Zr][CH]1c1cccc(-c4ccccc4)c12)c1cccc(-c2ccccc2)c13. The Labute approximate surface area is 213 Å². The predicted molar refractivity (Wildman–Crippen MR) is 139 cm³/mol. The van der Waals surface area contributed by atoms with Crippen molar-refractivity contribution < 1.29 is 23.2 Å². The molecule has 0 aromatic heterocycles. The third-order valence-electron chi connectivity index (χ3n) is 8.09. The second kappa shape index (κ2) is 7.89. The Morgan fingerprint density at radius 1 is 0.529 bits per heavy atom. The van der Waals surface area contributed by atoms with E-state index >= 15 is 0 Å². The van der Waals surface area contributed by atoms with Crippen LogP contribution in [0.3, 0.4) is 0 Å². The summed E-state index contributed by atoms with van der Waals surface area (Å²) in [5.41, 5.74) is 18.4. The molecule has 162 valence electrons. The molecule has 2 unspecified atom stereocenters. The molecular formula is C33H26Zr. The van der Waals surface area contributed by atoms with Crippen molar-refractivity contribution >= 4 is 11.1 Å². The van der Waals surface area contributed by atoms with Crippen LogP contribution in [0.5, 0.6) is 0 Å². The molecule has 4 bridgehead atoms. The summed E-state index contributed by atoms with van der Waals surface area (Å²) in [6.07, 6.45) is 1.05. The van der Waals surface area contributed by atoms with Gasteiger partial charge in [0, 0.05) is 0 Å². The van der Waals surface area contributed by atoms with Gasteiger partial charge in [-0.05, 0) is 0 Å². The number of hydrogen-bond acceptors (Lipinski definition) is 0. The molecule has 0 saturated heterocycles. The van der Waals surface area contributed by atoms with Crippen LogP contribution in [-0.4, -0.2) is 0 Å². The van der Waals surface area contributed by atoms with E-state index in [2.05, 4.69) is 111 Å². The van der Waals surface area contributed by atoms with Gasteiger partial charge < -0.3 is 0 Å². The van der Waals surface area contributed by atoms with Gasteiger partial charge in [0.2, 0.25) is 0 Å². The first-order valence-corrected chi connectivity index (χ1v) is 15.1. The zero-order valence-electron chi connectivity index (χ0n) is 19.6. The maximum absolute atomic E-state index is 2.44. The standard InChI is InChI=1S/C33H26.Zr/c1-22-19-26-15-9-17-28(24-11-5-3-6-12-24)32(26)30(22)21-31-23(2)20-27-16-10-18-29(33(27)31)25-13-7-4-8-14-25;/h3-20H,21H2,1-2H3;. The van der Waals surface area contributed by atoms with Gasteiger partial charge in [-0.15, -0.1) is 0 Å². The van der Waals surface area contributed by atoms with Crippen LogP contribution in [0, 0.1) is 0 Å². The van der Waals surface area contributed by atoms with E-state index in [1.165, 1.54) is 22.3 Å². The molecule has 2 aliphatic carbocycles. The molecule has 7 rings (SSSR count). The van der Waals surface area contributed by atoms with Gasteiger partial charge in [0.05, 0.1) is 0 Å². The molecule has 3 aliphatic rings. The Bertz CT molecular complexity index is 1390. The van der Waals surface area contributed by atoms with Gasteiger partial charge in [0.25, 0.3) is 0 Å². The first-order valence-electron chi connectivity index (χ1n) is 12.2. The van der Waals surface area contributed by atoms with Crippen LogP contribution in [0.2, 0.25) is 0 Å². The fraction of sp³-hybridized carbons (Fsp3) is 0.152. The van der Waals surface area contributed by atoms with Crippen molar-refractivity contribution in [2.24, 2.45) is 0 Å². The van der Waals surface area contributed by atoms with Crippen molar-refractivity contribution in [2.75, 3.05) is 0 Å². The van der Waals surface area contributed by atoms with Gasteiger partial charge in [-0.1, -0.05) is 0 Å². The Morgan fingerprint density at radius 2 is 0.971 bits per heavy atom. The van der Waals surface area contributed by atoms with Crippen LogP contribution in [-0.2, 0) is 23.2 Å². The average Bonchev–Trinajstić information content (AvgIpc) is 3.34. The predicted octanol–water partition coefficient (Wildman–Crippen LogP) is 8.86. The Hall–Kier alpha value is -2.76. The quantitative estimate of drug-likeness (QED) is 0.251. The van der Waals surface area contributed by atoms with Crippen molar-refractivity contribution in [3.8, 4) is 22.3 Å². The zero-order valence-corrected chi connectivity index (χ0v) is 22.1. The maximum atomic E-state index is 2.44. The van der Waals surface area contributed by atoms with Crippen LogP contribution >= 0.6 is 0 Å². The third-order valence-corrected chi connectivity index (χ3v) is 13.4. The van der Waals surface area contributed by atoms with Crippen LogP contribution < -0.4 is 0 Å². The van der Waals surface area contributed by atoms with Crippen molar-refractivity contribution in [3.05, 3.63) is 130 Å². The fourth-order valence-electron chi connectivity index (χ4n) is 6.45. The summed E-state index contributed by atoms with van der Waals surface area (Å²) in [6, 6.07) is 36.2. The summed E-state index contributed by atoms with van der Waals surface area (Å²) in [5, 5.41) is 0. The number of benzene rings is 4. The minimum absolute atomic E-state index is 0.671. The topological polar surface area (TPSA) is 0 Å². The zero-order chi connectivity index (χ0) is 22.8. The average molecular weight is 514 g/mol. The molecule has 0 N–H and O–H groups in total. The molecule has 1 heterocycles. The molecule has 1 aliphatic heterocycles. The molecule has 4 aromatic rings. The van der Waals surface area contributed by atoms with Crippen LogP contribution in [0.4, 0.5) is 0 Å². The van der Waals surface area contributed by atoms with E-state index in [4.69, 9.17) is 0 Å². The summed E-state index contributed by atoms with van der Waals surface area (Å²) in [7, 11) is 0. The Kier molecular flexibility index (Phi) is 4.78. The van der Waals surface area contributed by atoms with Gasteiger partial charge in [-0.2, -0.15) is 0 Å². The van der Waals surface area contributed by atoms with Crippen LogP contribution in [0.1, 0.15) is 49.8 Å². The Morgan fingerprint density at radius 3 is 1.41 bits per heavy atom. The molecule has 0 radical (unpaired) electrons. The summed E-state index contributed by atoms with van der Waals surface area (Å²) in [6.45, 7) is 4.89. The number of fused-ring (bicyclic) bond motifs is 8. The van der Waals surface area contributed by atoms with Crippen molar-refractivity contribution in [1.82, 2.24) is 0 Å². The second-order valence-electron chi connectivity index (χ2n) is 9.80. The third kappa shape index (κ3) is 2.93. The molecule has 4 aromatic carbocycles. The van der Waals surface area contributed by atoms with E-state index in [1.54, 1.807) is 44.5 Å². The normalized spacial score (nSPS) is 19.9.